The van der Waals surface area contributed by atoms with Crippen molar-refractivity contribution in [3.63, 3.8) is 0 Å². The number of aryl methyl sites for hydroxylation is 2. The normalized spacial score (nSPS) is 29.9. The Bertz CT molecular complexity index is 1940. The second kappa shape index (κ2) is 14.5. The molecule has 0 bridgehead atoms. The number of ketones is 2. The summed E-state index contributed by atoms with van der Waals surface area (Å²) in [7, 11) is 5.27. The SMILES string of the molecule is [3H]C.[C-]#[N+]C1C[C@]2(C)c3nn(C)c(-c4ccccc4)c3CC[C@H]2[C@H](CC)C1=O.[C-]#[N+]C1C[C@]2(C)c3nn(C)c(-c4ccccc4)c3CC[C@H]2[C@H](CC)C1=O. The van der Waals surface area contributed by atoms with Gasteiger partial charge >= 0.3 is 0 Å². The Morgan fingerprint density at radius 3 is 1.40 bits per heavy atom. The number of carbonyl (C=O) groups excluding carboxylic acids is 2. The molecule has 8 heteroatoms. The lowest BCUT2D eigenvalue weighted by molar-refractivity contribution is -0.131. The summed E-state index contributed by atoms with van der Waals surface area (Å²) in [5.41, 5.74) is 9.22. The second-order valence-corrected chi connectivity index (χ2v) is 16.0. The van der Waals surface area contributed by atoms with Crippen LogP contribution in [0.25, 0.3) is 32.2 Å². The zero-order valence-electron chi connectivity index (χ0n) is 33.4. The molecule has 2 unspecified atom stereocenters. The van der Waals surface area contributed by atoms with Crippen LogP contribution in [0, 0.1) is 36.8 Å². The van der Waals surface area contributed by atoms with Gasteiger partial charge in [-0.25, -0.2) is 13.1 Å². The van der Waals surface area contributed by atoms with E-state index in [1.807, 2.05) is 35.6 Å². The second-order valence-electron chi connectivity index (χ2n) is 16.0. The number of nitrogens with zero attached hydrogens (tertiary/aromatic N) is 6. The molecular formula is C45H54N6O2. The zero-order chi connectivity index (χ0) is 38.9. The molecule has 4 aliphatic carbocycles. The Morgan fingerprint density at radius 2 is 1.08 bits per heavy atom. The molecule has 0 radical (unpaired) electrons. The molecule has 276 valence electrons. The molecule has 8 nitrogen and oxygen atoms in total. The van der Waals surface area contributed by atoms with Crippen molar-refractivity contribution in [2.24, 2.45) is 37.8 Å². The van der Waals surface area contributed by atoms with Gasteiger partial charge in [0.25, 0.3) is 12.1 Å². The fourth-order valence-corrected chi connectivity index (χ4v) is 10.9. The smallest absolute Gasteiger partial charge is 0.282 e. The van der Waals surface area contributed by atoms with Gasteiger partial charge in [-0.05, 0) is 50.4 Å². The maximum absolute atomic E-state index is 12.8. The van der Waals surface area contributed by atoms with Crippen molar-refractivity contribution in [1.82, 2.24) is 19.6 Å². The standard InChI is InChI=1S/2C22H25N3O.CH4/c2*1-5-15-17-12-11-16-19(14-9-7-6-8-10-14)25(4)24-21(16)22(17,2)13-18(23-3)20(15)26;/h2*6-10,15,17-18H,5,11-13H2,1-2,4H3;1H4/t2*15-,17-,18?,22-;/m00./s1/i;;1T. The van der Waals surface area contributed by atoms with Gasteiger partial charge in [-0.3, -0.25) is 19.0 Å². The van der Waals surface area contributed by atoms with E-state index in [9.17, 15) is 9.59 Å². The zero-order valence-corrected chi connectivity index (χ0v) is 32.4. The number of fused-ring (bicyclic) bond motifs is 6. The van der Waals surface area contributed by atoms with Crippen LogP contribution in [0.4, 0.5) is 0 Å². The van der Waals surface area contributed by atoms with E-state index < -0.39 is 12.1 Å². The quantitative estimate of drug-likeness (QED) is 0.198. The molecule has 2 saturated carbocycles. The molecule has 2 aromatic heterocycles. The highest BCUT2D eigenvalue weighted by Crippen LogP contribution is 2.55. The molecular weight excluding hydrogens is 657 g/mol. The summed E-state index contributed by atoms with van der Waals surface area (Å²) in [5, 5.41) is 9.90. The van der Waals surface area contributed by atoms with Crippen molar-refractivity contribution in [2.75, 3.05) is 0 Å². The van der Waals surface area contributed by atoms with Gasteiger partial charge in [-0.15, -0.1) is 0 Å². The molecule has 0 amide bonds. The van der Waals surface area contributed by atoms with Gasteiger partial charge in [0.15, 0.2) is 0 Å². The molecule has 2 aromatic carbocycles. The van der Waals surface area contributed by atoms with Crippen LogP contribution in [0.5, 0.6) is 0 Å². The van der Waals surface area contributed by atoms with Crippen LogP contribution < -0.4 is 0 Å². The number of rotatable bonds is 4. The molecule has 53 heavy (non-hydrogen) atoms. The average Bonchev–Trinajstić information content (AvgIpc) is 3.73. The number of aromatic nitrogens is 4. The van der Waals surface area contributed by atoms with Crippen molar-refractivity contribution in [2.45, 2.75) is 109 Å². The van der Waals surface area contributed by atoms with Crippen LogP contribution in [0.3, 0.4) is 0 Å². The Labute approximate surface area is 317 Å². The summed E-state index contributed by atoms with van der Waals surface area (Å²) in [4.78, 5) is 32.9. The largest absolute Gasteiger partial charge is 0.305 e. The van der Waals surface area contributed by atoms with Crippen LogP contribution in [0.2, 0.25) is 0 Å². The van der Waals surface area contributed by atoms with E-state index in [2.05, 4.69) is 85.9 Å². The number of hydrogen-bond acceptors (Lipinski definition) is 4. The number of benzene rings is 2. The number of carbonyl (C=O) groups is 2. The molecule has 2 heterocycles. The fraction of sp³-hybridized carbons (Fsp3) is 0.511. The van der Waals surface area contributed by atoms with E-state index in [0.717, 1.165) is 49.9 Å². The minimum absolute atomic E-state index is 0.0109. The Kier molecular flexibility index (Phi) is 10.0. The van der Waals surface area contributed by atoms with Crippen LogP contribution >= 0.6 is 0 Å². The summed E-state index contributed by atoms with van der Waals surface area (Å²) in [6.07, 6.45) is 6.77. The van der Waals surface area contributed by atoms with Crippen LogP contribution in [-0.4, -0.2) is 43.2 Å². The van der Waals surface area contributed by atoms with E-state index in [1.165, 1.54) is 41.0 Å². The maximum Gasteiger partial charge on any atom is 0.282 e. The molecule has 8 atom stereocenters. The minimum Gasteiger partial charge on any atom is -0.305 e. The van der Waals surface area contributed by atoms with Gasteiger partial charge in [0, 0.05) is 73.2 Å². The van der Waals surface area contributed by atoms with Crippen LogP contribution in [0.1, 0.15) is 97.5 Å². The van der Waals surface area contributed by atoms with Crippen molar-refractivity contribution in [1.29, 1.82) is 0 Å². The van der Waals surface area contributed by atoms with Crippen LogP contribution in [-0.2, 0) is 47.4 Å². The van der Waals surface area contributed by atoms with Crippen LogP contribution in [0.15, 0.2) is 60.7 Å². The monoisotopic (exact) mass is 712 g/mol. The molecule has 4 aromatic rings. The van der Waals surface area contributed by atoms with Crippen molar-refractivity contribution in [3.8, 4) is 22.5 Å². The van der Waals surface area contributed by atoms with Gasteiger partial charge in [0.05, 0.1) is 22.8 Å². The first-order valence-corrected chi connectivity index (χ1v) is 19.1. The van der Waals surface area contributed by atoms with E-state index >= 15 is 0 Å². The summed E-state index contributed by atoms with van der Waals surface area (Å²) in [6, 6.07) is 19.8. The van der Waals surface area contributed by atoms with E-state index in [0.29, 0.717) is 24.7 Å². The van der Waals surface area contributed by atoms with Gasteiger partial charge in [0.1, 0.15) is 0 Å². The highest BCUT2D eigenvalue weighted by molar-refractivity contribution is 5.90. The first-order chi connectivity index (χ1) is 26.0. The van der Waals surface area contributed by atoms with Crippen molar-refractivity contribution < 1.29 is 11.0 Å². The highest BCUT2D eigenvalue weighted by atomic mass is 16.1. The third kappa shape index (κ3) is 5.95. The lowest BCUT2D eigenvalue weighted by Crippen LogP contribution is -2.52. The topological polar surface area (TPSA) is 78.5 Å². The van der Waals surface area contributed by atoms with Crippen molar-refractivity contribution >= 4 is 11.6 Å². The number of Topliss-reactive ketones (excluding diaryl/α,β-unsaturated/α-hetero) is 2. The van der Waals surface area contributed by atoms with Gasteiger partial charge in [-0.1, -0.05) is 95.8 Å². The maximum atomic E-state index is 12.8. The van der Waals surface area contributed by atoms with Gasteiger partial charge < -0.3 is 9.69 Å². The van der Waals surface area contributed by atoms with E-state index in [4.69, 9.17) is 24.7 Å². The molecule has 0 N–H and O–H groups in total. The predicted molar refractivity (Wildman–Crippen MR) is 210 cm³/mol. The van der Waals surface area contributed by atoms with E-state index in [1.54, 1.807) is 0 Å². The lowest BCUT2D eigenvalue weighted by Gasteiger charge is -2.47. The molecule has 4 aliphatic rings. The summed E-state index contributed by atoms with van der Waals surface area (Å²) in [6.45, 7) is 23.7. The highest BCUT2D eigenvalue weighted by Gasteiger charge is 2.58. The van der Waals surface area contributed by atoms with Gasteiger partial charge in [0.2, 0.25) is 11.6 Å². The first kappa shape index (κ1) is 36.5. The third-order valence-electron chi connectivity index (χ3n) is 13.3. The Balaban J connectivity index is 0.000000176. The first-order valence-electron chi connectivity index (χ1n) is 20.1. The van der Waals surface area contributed by atoms with E-state index in [-0.39, 0.29) is 34.2 Å². The minimum atomic E-state index is -0.519. The molecule has 0 spiro atoms. The van der Waals surface area contributed by atoms with Crippen molar-refractivity contribution in [3.05, 3.63) is 106 Å². The lowest BCUT2D eigenvalue weighted by atomic mass is 9.54. The Hall–Kier alpha value is -4.82. The molecule has 2 fully saturated rings. The average molecular weight is 713 g/mol. The van der Waals surface area contributed by atoms with Gasteiger partial charge in [-0.2, -0.15) is 10.2 Å². The molecule has 0 aliphatic heterocycles. The summed E-state index contributed by atoms with van der Waals surface area (Å²) in [5.74, 6) is 0.889. The Morgan fingerprint density at radius 1 is 0.717 bits per heavy atom. The predicted octanol–water partition coefficient (Wildman–Crippen LogP) is 9.02. The third-order valence-corrected chi connectivity index (χ3v) is 13.3. The molecule has 0 saturated heterocycles. The molecule has 8 rings (SSSR count). The summed E-state index contributed by atoms with van der Waals surface area (Å²) < 4.78 is 9.75. The number of hydrogen-bond donors (Lipinski definition) is 0. The summed E-state index contributed by atoms with van der Waals surface area (Å²) >= 11 is 0. The fourth-order valence-electron chi connectivity index (χ4n) is 10.9.